The van der Waals surface area contributed by atoms with Crippen LogP contribution >= 0.6 is 0 Å². The zero-order valence-electron chi connectivity index (χ0n) is 18.6. The average molecular weight is 472 g/mol. The molecule has 0 unspecified atom stereocenters. The Labute approximate surface area is 199 Å². The standard InChI is InChI=1S/C27H25N3O3S/c31-27(30-17-15-21(16-18-30)29-34(32,33)22-11-5-2-6-12-22)24-19-26(20-9-3-1-4-10-20)28-25-14-8-7-13-23(24)25/h1-14,19,21,29H,15-18H2. The first-order valence-electron chi connectivity index (χ1n) is 11.3. The minimum absolute atomic E-state index is 0.0554. The number of nitrogens with zero attached hydrogens (tertiary/aromatic N) is 2. The van der Waals surface area contributed by atoms with Crippen LogP contribution in [0.25, 0.3) is 22.2 Å². The Bertz CT molecular complexity index is 1420. The van der Waals surface area contributed by atoms with Gasteiger partial charge in [0.2, 0.25) is 10.0 Å². The van der Waals surface area contributed by atoms with Gasteiger partial charge in [0.15, 0.2) is 0 Å². The van der Waals surface area contributed by atoms with Crippen LogP contribution in [0.15, 0.2) is 95.9 Å². The van der Waals surface area contributed by atoms with Crippen LogP contribution in [0.1, 0.15) is 23.2 Å². The fourth-order valence-electron chi connectivity index (χ4n) is 4.37. The van der Waals surface area contributed by atoms with E-state index in [2.05, 4.69) is 4.72 Å². The molecule has 1 N–H and O–H groups in total. The van der Waals surface area contributed by atoms with Crippen molar-refractivity contribution in [1.29, 1.82) is 0 Å². The van der Waals surface area contributed by atoms with Crippen molar-refractivity contribution in [2.75, 3.05) is 13.1 Å². The number of piperidine rings is 1. The Balaban J connectivity index is 1.35. The molecule has 172 valence electrons. The molecule has 3 aromatic carbocycles. The lowest BCUT2D eigenvalue weighted by molar-refractivity contribution is 0.0713. The van der Waals surface area contributed by atoms with E-state index < -0.39 is 10.0 Å². The molecule has 1 saturated heterocycles. The summed E-state index contributed by atoms with van der Waals surface area (Å²) in [4.78, 5) is 20.4. The number of para-hydroxylation sites is 1. The third kappa shape index (κ3) is 4.58. The van der Waals surface area contributed by atoms with Gasteiger partial charge in [0.05, 0.1) is 21.7 Å². The predicted octanol–water partition coefficient (Wildman–Crippen LogP) is 4.48. The molecule has 0 atom stereocenters. The van der Waals surface area contributed by atoms with Gasteiger partial charge in [0, 0.05) is 30.1 Å². The molecule has 5 rings (SSSR count). The van der Waals surface area contributed by atoms with Gasteiger partial charge in [-0.1, -0.05) is 66.7 Å². The zero-order chi connectivity index (χ0) is 23.5. The molecule has 1 aliphatic heterocycles. The molecule has 0 aliphatic carbocycles. The van der Waals surface area contributed by atoms with Crippen LogP contribution < -0.4 is 4.72 Å². The molecule has 1 fully saturated rings. The summed E-state index contributed by atoms with van der Waals surface area (Å²) in [6, 6.07) is 27.5. The lowest BCUT2D eigenvalue weighted by Gasteiger charge is -2.32. The van der Waals surface area contributed by atoms with E-state index in [-0.39, 0.29) is 16.8 Å². The highest BCUT2D eigenvalue weighted by molar-refractivity contribution is 7.89. The van der Waals surface area contributed by atoms with Crippen LogP contribution in [-0.4, -0.2) is 43.3 Å². The van der Waals surface area contributed by atoms with E-state index in [4.69, 9.17) is 4.98 Å². The number of amides is 1. The Hall–Kier alpha value is -3.55. The molecule has 7 heteroatoms. The number of nitrogens with one attached hydrogen (secondary N) is 1. The molecule has 0 bridgehead atoms. The maximum Gasteiger partial charge on any atom is 0.254 e. The van der Waals surface area contributed by atoms with Crippen molar-refractivity contribution in [3.05, 3.63) is 96.6 Å². The number of hydrogen-bond donors (Lipinski definition) is 1. The fourth-order valence-corrected chi connectivity index (χ4v) is 5.69. The van der Waals surface area contributed by atoms with E-state index in [0.29, 0.717) is 31.5 Å². The second kappa shape index (κ2) is 9.37. The molecule has 1 aromatic heterocycles. The highest BCUT2D eigenvalue weighted by atomic mass is 32.2. The molecule has 0 saturated carbocycles. The van der Waals surface area contributed by atoms with Crippen LogP contribution in [0, 0.1) is 0 Å². The number of aromatic nitrogens is 1. The minimum atomic E-state index is -3.58. The zero-order valence-corrected chi connectivity index (χ0v) is 19.4. The van der Waals surface area contributed by atoms with E-state index in [1.165, 1.54) is 0 Å². The molecule has 2 heterocycles. The van der Waals surface area contributed by atoms with E-state index >= 15 is 0 Å². The van der Waals surface area contributed by atoms with Gasteiger partial charge in [-0.3, -0.25) is 4.79 Å². The number of rotatable bonds is 5. The number of likely N-dealkylation sites (tertiary alicyclic amines) is 1. The third-order valence-corrected chi connectivity index (χ3v) is 7.71. The summed E-state index contributed by atoms with van der Waals surface area (Å²) in [5.41, 5.74) is 3.11. The van der Waals surface area contributed by atoms with Gasteiger partial charge in [-0.15, -0.1) is 0 Å². The number of sulfonamides is 1. The van der Waals surface area contributed by atoms with Crippen molar-refractivity contribution in [1.82, 2.24) is 14.6 Å². The van der Waals surface area contributed by atoms with Crippen molar-refractivity contribution in [3.8, 4) is 11.3 Å². The molecular formula is C27H25N3O3S. The molecule has 1 amide bonds. The summed E-state index contributed by atoms with van der Waals surface area (Å²) >= 11 is 0. The van der Waals surface area contributed by atoms with Gasteiger partial charge in [-0.25, -0.2) is 18.1 Å². The Kier molecular flexibility index (Phi) is 6.13. The number of fused-ring (bicyclic) bond motifs is 1. The highest BCUT2D eigenvalue weighted by Crippen LogP contribution is 2.27. The molecule has 6 nitrogen and oxygen atoms in total. The van der Waals surface area contributed by atoms with E-state index in [0.717, 1.165) is 22.2 Å². The summed E-state index contributed by atoms with van der Waals surface area (Å²) in [7, 11) is -3.58. The Morgan fingerprint density at radius 3 is 2.18 bits per heavy atom. The van der Waals surface area contributed by atoms with Crippen molar-refractivity contribution >= 4 is 26.8 Å². The first kappa shape index (κ1) is 22.3. The lowest BCUT2D eigenvalue weighted by atomic mass is 10.0. The number of carbonyl (C=O) groups is 1. The van der Waals surface area contributed by atoms with E-state index in [1.54, 1.807) is 30.3 Å². The Morgan fingerprint density at radius 1 is 0.853 bits per heavy atom. The van der Waals surface area contributed by atoms with E-state index in [9.17, 15) is 13.2 Å². The minimum Gasteiger partial charge on any atom is -0.339 e. The number of hydrogen-bond acceptors (Lipinski definition) is 4. The smallest absolute Gasteiger partial charge is 0.254 e. The maximum atomic E-state index is 13.6. The molecule has 0 spiro atoms. The second-order valence-corrected chi connectivity index (χ2v) is 10.2. The summed E-state index contributed by atoms with van der Waals surface area (Å²) in [5, 5.41) is 0.819. The van der Waals surface area contributed by atoms with Gasteiger partial charge in [0.25, 0.3) is 5.91 Å². The second-order valence-electron chi connectivity index (χ2n) is 8.44. The first-order valence-corrected chi connectivity index (χ1v) is 12.8. The molecule has 1 aliphatic rings. The average Bonchev–Trinajstić information content (AvgIpc) is 2.89. The molecule has 0 radical (unpaired) electrons. The maximum absolute atomic E-state index is 13.6. The van der Waals surface area contributed by atoms with Gasteiger partial charge in [0.1, 0.15) is 0 Å². The van der Waals surface area contributed by atoms with Crippen molar-refractivity contribution in [2.24, 2.45) is 0 Å². The van der Waals surface area contributed by atoms with Gasteiger partial charge >= 0.3 is 0 Å². The van der Waals surface area contributed by atoms with Crippen LogP contribution in [0.5, 0.6) is 0 Å². The predicted molar refractivity (Wildman–Crippen MR) is 133 cm³/mol. The largest absolute Gasteiger partial charge is 0.339 e. The van der Waals surface area contributed by atoms with Gasteiger partial charge in [-0.05, 0) is 37.1 Å². The monoisotopic (exact) mass is 471 g/mol. The highest BCUT2D eigenvalue weighted by Gasteiger charge is 2.28. The van der Waals surface area contributed by atoms with Crippen LogP contribution in [0.2, 0.25) is 0 Å². The summed E-state index contributed by atoms with van der Waals surface area (Å²) in [5.74, 6) is -0.0554. The molecule has 34 heavy (non-hydrogen) atoms. The Morgan fingerprint density at radius 2 is 1.47 bits per heavy atom. The number of pyridine rings is 1. The SMILES string of the molecule is O=C(c1cc(-c2ccccc2)nc2ccccc12)N1CCC(NS(=O)(=O)c2ccccc2)CC1. The lowest BCUT2D eigenvalue weighted by Crippen LogP contribution is -2.46. The van der Waals surface area contributed by atoms with E-state index in [1.807, 2.05) is 65.6 Å². The molecular weight excluding hydrogens is 446 g/mol. The van der Waals surface area contributed by atoms with Gasteiger partial charge in [-0.2, -0.15) is 0 Å². The normalized spacial score (nSPS) is 14.9. The van der Waals surface area contributed by atoms with Crippen molar-refractivity contribution in [2.45, 2.75) is 23.8 Å². The van der Waals surface area contributed by atoms with Crippen LogP contribution in [0.3, 0.4) is 0 Å². The van der Waals surface area contributed by atoms with Crippen LogP contribution in [0.4, 0.5) is 0 Å². The van der Waals surface area contributed by atoms with Crippen molar-refractivity contribution < 1.29 is 13.2 Å². The third-order valence-electron chi connectivity index (χ3n) is 6.17. The summed E-state index contributed by atoms with van der Waals surface area (Å²) < 4.78 is 28.1. The quantitative estimate of drug-likeness (QED) is 0.465. The molecule has 4 aromatic rings. The fraction of sp³-hybridized carbons (Fsp3) is 0.185. The first-order chi connectivity index (χ1) is 16.5. The number of carbonyl (C=O) groups excluding carboxylic acids is 1. The van der Waals surface area contributed by atoms with Crippen molar-refractivity contribution in [3.63, 3.8) is 0 Å². The topological polar surface area (TPSA) is 79.4 Å². The number of benzene rings is 3. The summed E-state index contributed by atoms with van der Waals surface area (Å²) in [6.07, 6.45) is 1.12. The summed E-state index contributed by atoms with van der Waals surface area (Å²) in [6.45, 7) is 0.969. The van der Waals surface area contributed by atoms with Crippen LogP contribution in [-0.2, 0) is 10.0 Å². The van der Waals surface area contributed by atoms with Gasteiger partial charge < -0.3 is 4.90 Å².